The number of hydrogen-bond acceptors (Lipinski definition) is 1. The fourth-order valence-electron chi connectivity index (χ4n) is 0.939. The van der Waals surface area contributed by atoms with Gasteiger partial charge >= 0.3 is 5.97 Å². The third-order valence-electron chi connectivity index (χ3n) is 1.58. The molecule has 4 heteroatoms. The zero-order valence-electron chi connectivity index (χ0n) is 7.65. The van der Waals surface area contributed by atoms with Crippen LogP contribution < -0.4 is 0 Å². The van der Waals surface area contributed by atoms with Gasteiger partial charge in [-0.15, -0.1) is 0 Å². The lowest BCUT2D eigenvalue weighted by Gasteiger charge is -1.96. The van der Waals surface area contributed by atoms with Crippen molar-refractivity contribution in [2.24, 2.45) is 0 Å². The number of allylic oxidation sites excluding steroid dienone is 2. The monoisotopic (exact) mass is 270 g/mol. The molecule has 0 unspecified atom stereocenters. The normalized spacial score (nSPS) is 11.3. The molecule has 0 heterocycles. The van der Waals surface area contributed by atoms with E-state index in [1.807, 2.05) is 0 Å². The molecule has 1 aromatic carbocycles. The molecule has 0 fully saturated rings. The van der Waals surface area contributed by atoms with Gasteiger partial charge in [0.25, 0.3) is 0 Å². The van der Waals surface area contributed by atoms with Crippen molar-refractivity contribution in [2.75, 3.05) is 0 Å². The Hall–Kier alpha value is -1.42. The van der Waals surface area contributed by atoms with E-state index in [-0.39, 0.29) is 5.82 Å². The van der Waals surface area contributed by atoms with E-state index in [9.17, 15) is 9.18 Å². The molecule has 0 radical (unpaired) electrons. The van der Waals surface area contributed by atoms with E-state index in [2.05, 4.69) is 15.9 Å². The summed E-state index contributed by atoms with van der Waals surface area (Å²) in [6.45, 7) is 0. The van der Waals surface area contributed by atoms with E-state index in [1.165, 1.54) is 24.3 Å². The molecule has 0 saturated heterocycles. The van der Waals surface area contributed by atoms with E-state index in [0.717, 1.165) is 10.5 Å². The Labute approximate surface area is 94.9 Å². The van der Waals surface area contributed by atoms with Crippen molar-refractivity contribution in [3.8, 4) is 0 Å². The number of carboxylic acids is 1. The maximum absolute atomic E-state index is 13.1. The van der Waals surface area contributed by atoms with Crippen molar-refractivity contribution in [2.45, 2.75) is 0 Å². The highest BCUT2D eigenvalue weighted by Gasteiger charge is 1.97. The van der Waals surface area contributed by atoms with Gasteiger partial charge in [0, 0.05) is 16.1 Å². The van der Waals surface area contributed by atoms with E-state index in [0.29, 0.717) is 5.56 Å². The highest BCUT2D eigenvalue weighted by molar-refractivity contribution is 9.10. The highest BCUT2D eigenvalue weighted by Crippen LogP contribution is 2.16. The minimum atomic E-state index is -1.03. The zero-order valence-corrected chi connectivity index (χ0v) is 9.24. The summed E-state index contributed by atoms with van der Waals surface area (Å²) in [5.74, 6) is -1.38. The van der Waals surface area contributed by atoms with Crippen LogP contribution in [0.3, 0.4) is 0 Å². The van der Waals surface area contributed by atoms with E-state index in [1.54, 1.807) is 12.1 Å². The average molecular weight is 271 g/mol. The van der Waals surface area contributed by atoms with Crippen LogP contribution in [0.15, 0.2) is 40.9 Å². The minimum absolute atomic E-state index is 0.349. The van der Waals surface area contributed by atoms with Crippen molar-refractivity contribution < 1.29 is 14.3 Å². The lowest BCUT2D eigenvalue weighted by molar-refractivity contribution is -0.131. The number of aliphatic carboxylic acids is 1. The summed E-state index contributed by atoms with van der Waals surface area (Å²) in [6, 6.07) is 4.55. The van der Waals surface area contributed by atoms with Crippen LogP contribution in [-0.4, -0.2) is 11.1 Å². The average Bonchev–Trinajstić information content (AvgIpc) is 2.17. The van der Waals surface area contributed by atoms with Gasteiger partial charge in [-0.25, -0.2) is 9.18 Å². The Morgan fingerprint density at radius 3 is 2.80 bits per heavy atom. The smallest absolute Gasteiger partial charge is 0.328 e. The summed E-state index contributed by atoms with van der Waals surface area (Å²) in [7, 11) is 0. The summed E-state index contributed by atoms with van der Waals surface area (Å²) in [6.07, 6.45) is 5.29. The van der Waals surface area contributed by atoms with Gasteiger partial charge in [-0.05, 0) is 18.2 Å². The number of carboxylic acid groups (broad SMARTS) is 1. The SMILES string of the molecule is O=C(O)/C=C/C=C/c1cc(Br)ccc1F. The molecular formula is C11H8BrFO2. The molecule has 0 aliphatic carbocycles. The van der Waals surface area contributed by atoms with Crippen molar-refractivity contribution in [3.63, 3.8) is 0 Å². The third kappa shape index (κ3) is 4.08. The van der Waals surface area contributed by atoms with Gasteiger partial charge in [-0.1, -0.05) is 34.2 Å². The van der Waals surface area contributed by atoms with Gasteiger partial charge in [-0.3, -0.25) is 0 Å². The minimum Gasteiger partial charge on any atom is -0.478 e. The van der Waals surface area contributed by atoms with E-state index >= 15 is 0 Å². The fraction of sp³-hybridized carbons (Fsp3) is 0. The van der Waals surface area contributed by atoms with Crippen LogP contribution in [0.1, 0.15) is 5.56 Å². The maximum Gasteiger partial charge on any atom is 0.328 e. The van der Waals surface area contributed by atoms with Crippen molar-refractivity contribution in [1.82, 2.24) is 0 Å². The van der Waals surface area contributed by atoms with Gasteiger partial charge in [0.05, 0.1) is 0 Å². The molecule has 0 aliphatic rings. The fourth-order valence-corrected chi connectivity index (χ4v) is 1.32. The molecule has 1 N–H and O–H groups in total. The van der Waals surface area contributed by atoms with Crippen LogP contribution >= 0.6 is 15.9 Å². The third-order valence-corrected chi connectivity index (χ3v) is 2.08. The summed E-state index contributed by atoms with van der Waals surface area (Å²) in [5, 5.41) is 8.31. The molecular weight excluding hydrogens is 263 g/mol. The Balaban J connectivity index is 2.80. The number of benzene rings is 1. The van der Waals surface area contributed by atoms with Crippen LogP contribution in [0.25, 0.3) is 6.08 Å². The zero-order chi connectivity index (χ0) is 11.3. The van der Waals surface area contributed by atoms with Crippen LogP contribution in [-0.2, 0) is 4.79 Å². The number of halogens is 2. The molecule has 0 bridgehead atoms. The molecule has 1 aromatic rings. The number of hydrogen-bond donors (Lipinski definition) is 1. The first-order valence-electron chi connectivity index (χ1n) is 4.12. The Bertz CT molecular complexity index is 425. The largest absolute Gasteiger partial charge is 0.478 e. The predicted molar refractivity (Wildman–Crippen MR) is 59.9 cm³/mol. The molecule has 0 spiro atoms. The standard InChI is InChI=1S/C11H8BrFO2/c12-9-5-6-10(13)8(7-9)3-1-2-4-11(14)15/h1-7H,(H,14,15)/b3-1+,4-2+. The van der Waals surface area contributed by atoms with Crippen LogP contribution in [0.5, 0.6) is 0 Å². The van der Waals surface area contributed by atoms with Crippen molar-refractivity contribution in [1.29, 1.82) is 0 Å². The molecule has 78 valence electrons. The Morgan fingerprint density at radius 1 is 1.40 bits per heavy atom. The molecule has 0 amide bonds. The summed E-state index contributed by atoms with van der Waals surface area (Å²) >= 11 is 3.22. The van der Waals surface area contributed by atoms with Crippen molar-refractivity contribution >= 4 is 28.0 Å². The number of carbonyl (C=O) groups is 1. The van der Waals surface area contributed by atoms with Gasteiger partial charge < -0.3 is 5.11 Å². The molecule has 2 nitrogen and oxygen atoms in total. The van der Waals surface area contributed by atoms with Crippen LogP contribution in [0.2, 0.25) is 0 Å². The first kappa shape index (κ1) is 11.7. The quantitative estimate of drug-likeness (QED) is 0.676. The first-order chi connectivity index (χ1) is 7.09. The first-order valence-corrected chi connectivity index (χ1v) is 4.91. The van der Waals surface area contributed by atoms with Crippen molar-refractivity contribution in [3.05, 3.63) is 52.3 Å². The lowest BCUT2D eigenvalue weighted by Crippen LogP contribution is -1.84. The Kier molecular flexibility index (Phi) is 4.24. The topological polar surface area (TPSA) is 37.3 Å². The highest BCUT2D eigenvalue weighted by atomic mass is 79.9. The summed E-state index contributed by atoms with van der Waals surface area (Å²) in [5.41, 5.74) is 0.402. The lowest BCUT2D eigenvalue weighted by atomic mass is 10.2. The van der Waals surface area contributed by atoms with Gasteiger partial charge in [0.2, 0.25) is 0 Å². The second-order valence-electron chi connectivity index (χ2n) is 2.72. The van der Waals surface area contributed by atoms with E-state index in [4.69, 9.17) is 5.11 Å². The second-order valence-corrected chi connectivity index (χ2v) is 3.64. The van der Waals surface area contributed by atoms with Gasteiger partial charge in [0.1, 0.15) is 5.82 Å². The number of rotatable bonds is 3. The molecule has 0 aromatic heterocycles. The van der Waals surface area contributed by atoms with Gasteiger partial charge in [0.15, 0.2) is 0 Å². The predicted octanol–water partition coefficient (Wildman–Crippen LogP) is 3.24. The van der Waals surface area contributed by atoms with Crippen LogP contribution in [0, 0.1) is 5.82 Å². The molecule has 0 atom stereocenters. The molecule has 0 saturated carbocycles. The second kappa shape index (κ2) is 5.46. The van der Waals surface area contributed by atoms with Gasteiger partial charge in [-0.2, -0.15) is 0 Å². The molecule has 1 rings (SSSR count). The molecule has 0 aliphatic heterocycles. The van der Waals surface area contributed by atoms with E-state index < -0.39 is 5.97 Å². The Morgan fingerprint density at radius 2 is 2.13 bits per heavy atom. The maximum atomic E-state index is 13.1. The summed E-state index contributed by atoms with van der Waals surface area (Å²) < 4.78 is 13.9. The molecule has 15 heavy (non-hydrogen) atoms. The van der Waals surface area contributed by atoms with Crippen LogP contribution in [0.4, 0.5) is 4.39 Å². The summed E-state index contributed by atoms with van der Waals surface area (Å²) in [4.78, 5) is 10.1.